The summed E-state index contributed by atoms with van der Waals surface area (Å²) in [7, 11) is -3.08. The molecule has 4 rings (SSSR count). The van der Waals surface area contributed by atoms with E-state index in [2.05, 4.69) is 15.1 Å². The maximum atomic E-state index is 14.1. The minimum atomic E-state index is -3.08. The molecular weight excluding hydrogens is 355 g/mol. The predicted octanol–water partition coefficient (Wildman–Crippen LogP) is 2.43. The standard InChI is InChI=1S/C18H17FN4O2S/c19-15-6-2-1-5-13(15)11-17-21-18(16-7-3-4-9-20-16)22-23(17)14-8-10-26(24,25)12-14/h1-7,9,14H,8,10-12H2/t14-/m1/s1. The number of pyridine rings is 1. The summed E-state index contributed by atoms with van der Waals surface area (Å²) in [5.41, 5.74) is 1.09. The molecule has 0 saturated carbocycles. The summed E-state index contributed by atoms with van der Waals surface area (Å²) in [5, 5.41) is 4.51. The lowest BCUT2D eigenvalue weighted by atomic mass is 10.1. The first-order chi connectivity index (χ1) is 12.5. The van der Waals surface area contributed by atoms with E-state index >= 15 is 0 Å². The number of benzene rings is 1. The van der Waals surface area contributed by atoms with Crippen molar-refractivity contribution < 1.29 is 12.8 Å². The van der Waals surface area contributed by atoms with E-state index in [1.54, 1.807) is 41.2 Å². The van der Waals surface area contributed by atoms with Gasteiger partial charge in [0.1, 0.15) is 17.3 Å². The van der Waals surface area contributed by atoms with Gasteiger partial charge in [-0.15, -0.1) is 5.10 Å². The van der Waals surface area contributed by atoms with Gasteiger partial charge in [0.05, 0.1) is 17.5 Å². The van der Waals surface area contributed by atoms with Crippen LogP contribution in [0.1, 0.15) is 23.9 Å². The second kappa shape index (κ2) is 6.60. The molecule has 1 saturated heterocycles. The van der Waals surface area contributed by atoms with Gasteiger partial charge in [0.15, 0.2) is 15.7 Å². The van der Waals surface area contributed by atoms with Crippen LogP contribution in [0.15, 0.2) is 48.7 Å². The lowest BCUT2D eigenvalue weighted by Gasteiger charge is -2.12. The molecule has 1 atom stereocenters. The van der Waals surface area contributed by atoms with Gasteiger partial charge >= 0.3 is 0 Å². The average molecular weight is 372 g/mol. The molecule has 0 aliphatic carbocycles. The monoisotopic (exact) mass is 372 g/mol. The van der Waals surface area contributed by atoms with Crippen LogP contribution >= 0.6 is 0 Å². The Hall–Kier alpha value is -2.61. The zero-order chi connectivity index (χ0) is 18.1. The Labute approximate surface area is 150 Å². The Kier molecular flexibility index (Phi) is 4.28. The average Bonchev–Trinajstić information content (AvgIpc) is 3.21. The first-order valence-electron chi connectivity index (χ1n) is 8.32. The van der Waals surface area contributed by atoms with Crippen LogP contribution in [0.2, 0.25) is 0 Å². The first kappa shape index (κ1) is 16.8. The SMILES string of the molecule is O=S1(=O)CC[C@@H](n2nc(-c3ccccn3)nc2Cc2ccccc2F)C1. The van der Waals surface area contributed by atoms with Crippen LogP contribution in [0.3, 0.4) is 0 Å². The van der Waals surface area contributed by atoms with Crippen LogP contribution < -0.4 is 0 Å². The van der Waals surface area contributed by atoms with Gasteiger partial charge in [-0.05, 0) is 30.2 Å². The summed E-state index contributed by atoms with van der Waals surface area (Å²) in [6.07, 6.45) is 2.37. The summed E-state index contributed by atoms with van der Waals surface area (Å²) < 4.78 is 39.5. The van der Waals surface area contributed by atoms with Crippen molar-refractivity contribution in [2.75, 3.05) is 11.5 Å². The van der Waals surface area contributed by atoms with Crippen molar-refractivity contribution in [2.24, 2.45) is 0 Å². The summed E-state index contributed by atoms with van der Waals surface area (Å²) in [6, 6.07) is 11.6. The number of rotatable bonds is 4. The molecule has 134 valence electrons. The van der Waals surface area contributed by atoms with Gasteiger partial charge in [0.25, 0.3) is 0 Å². The van der Waals surface area contributed by atoms with Crippen molar-refractivity contribution in [1.29, 1.82) is 0 Å². The van der Waals surface area contributed by atoms with Gasteiger partial charge in [0, 0.05) is 12.6 Å². The number of sulfone groups is 1. The molecule has 0 unspecified atom stereocenters. The Morgan fingerprint density at radius 3 is 2.65 bits per heavy atom. The Morgan fingerprint density at radius 2 is 1.96 bits per heavy atom. The number of hydrogen-bond acceptors (Lipinski definition) is 5. The van der Waals surface area contributed by atoms with E-state index in [4.69, 9.17) is 0 Å². The van der Waals surface area contributed by atoms with Gasteiger partial charge in [-0.2, -0.15) is 0 Å². The molecule has 2 aromatic heterocycles. The third kappa shape index (κ3) is 3.37. The van der Waals surface area contributed by atoms with Crippen LogP contribution in [0.5, 0.6) is 0 Å². The zero-order valence-corrected chi connectivity index (χ0v) is 14.7. The van der Waals surface area contributed by atoms with Gasteiger partial charge in [-0.1, -0.05) is 24.3 Å². The predicted molar refractivity (Wildman–Crippen MR) is 94.8 cm³/mol. The molecule has 1 fully saturated rings. The maximum absolute atomic E-state index is 14.1. The second-order valence-electron chi connectivity index (χ2n) is 6.34. The largest absolute Gasteiger partial charge is 0.253 e. The lowest BCUT2D eigenvalue weighted by molar-refractivity contribution is 0.480. The van der Waals surface area contributed by atoms with E-state index in [9.17, 15) is 12.8 Å². The highest BCUT2D eigenvalue weighted by atomic mass is 32.2. The molecular formula is C18H17FN4O2S. The molecule has 0 N–H and O–H groups in total. The zero-order valence-electron chi connectivity index (χ0n) is 13.9. The van der Waals surface area contributed by atoms with Crippen LogP contribution in [0.25, 0.3) is 11.5 Å². The molecule has 1 aromatic carbocycles. The van der Waals surface area contributed by atoms with Crippen LogP contribution in [-0.2, 0) is 16.3 Å². The normalized spacial score (nSPS) is 18.9. The molecule has 8 heteroatoms. The van der Waals surface area contributed by atoms with Crippen molar-refractivity contribution in [2.45, 2.75) is 18.9 Å². The summed E-state index contributed by atoms with van der Waals surface area (Å²) in [5.74, 6) is 0.803. The number of aromatic nitrogens is 4. The molecule has 0 spiro atoms. The quantitative estimate of drug-likeness (QED) is 0.703. The fraction of sp³-hybridized carbons (Fsp3) is 0.278. The highest BCUT2D eigenvalue weighted by Gasteiger charge is 2.32. The van der Waals surface area contributed by atoms with Crippen LogP contribution in [0, 0.1) is 5.82 Å². The smallest absolute Gasteiger partial charge is 0.200 e. The van der Waals surface area contributed by atoms with Crippen molar-refractivity contribution in [1.82, 2.24) is 19.7 Å². The van der Waals surface area contributed by atoms with E-state index < -0.39 is 9.84 Å². The Bertz CT molecular complexity index is 1030. The fourth-order valence-corrected chi connectivity index (χ4v) is 4.84. The molecule has 0 amide bonds. The van der Waals surface area contributed by atoms with E-state index in [1.165, 1.54) is 6.07 Å². The Balaban J connectivity index is 1.75. The van der Waals surface area contributed by atoms with Crippen molar-refractivity contribution in [3.63, 3.8) is 0 Å². The number of nitrogens with zero attached hydrogens (tertiary/aromatic N) is 4. The molecule has 3 aromatic rings. The summed E-state index contributed by atoms with van der Waals surface area (Å²) in [4.78, 5) is 8.79. The van der Waals surface area contributed by atoms with Gasteiger partial charge in [-0.3, -0.25) is 4.98 Å². The van der Waals surface area contributed by atoms with E-state index in [0.29, 0.717) is 29.3 Å². The van der Waals surface area contributed by atoms with Crippen molar-refractivity contribution in [3.05, 3.63) is 65.9 Å². The van der Waals surface area contributed by atoms with Gasteiger partial charge < -0.3 is 0 Å². The van der Waals surface area contributed by atoms with Gasteiger partial charge in [0.2, 0.25) is 0 Å². The highest BCUT2D eigenvalue weighted by molar-refractivity contribution is 7.91. The molecule has 26 heavy (non-hydrogen) atoms. The highest BCUT2D eigenvalue weighted by Crippen LogP contribution is 2.27. The van der Waals surface area contributed by atoms with E-state index in [-0.39, 0.29) is 29.8 Å². The second-order valence-corrected chi connectivity index (χ2v) is 8.56. The lowest BCUT2D eigenvalue weighted by Crippen LogP contribution is -2.16. The van der Waals surface area contributed by atoms with E-state index in [0.717, 1.165) is 0 Å². The minimum absolute atomic E-state index is 0.0300. The molecule has 6 nitrogen and oxygen atoms in total. The van der Waals surface area contributed by atoms with Gasteiger partial charge in [-0.25, -0.2) is 22.5 Å². The number of hydrogen-bond donors (Lipinski definition) is 0. The topological polar surface area (TPSA) is 77.7 Å². The third-order valence-electron chi connectivity index (χ3n) is 4.46. The minimum Gasteiger partial charge on any atom is -0.253 e. The van der Waals surface area contributed by atoms with Crippen LogP contribution in [0.4, 0.5) is 4.39 Å². The summed E-state index contributed by atoms with van der Waals surface area (Å²) in [6.45, 7) is 0. The van der Waals surface area contributed by atoms with E-state index in [1.807, 2.05) is 6.07 Å². The number of halogens is 1. The van der Waals surface area contributed by atoms with Crippen molar-refractivity contribution >= 4 is 9.84 Å². The first-order valence-corrected chi connectivity index (χ1v) is 10.1. The molecule has 3 heterocycles. The molecule has 1 aliphatic rings. The van der Waals surface area contributed by atoms with Crippen molar-refractivity contribution in [3.8, 4) is 11.5 Å². The maximum Gasteiger partial charge on any atom is 0.200 e. The summed E-state index contributed by atoms with van der Waals surface area (Å²) >= 11 is 0. The fourth-order valence-electron chi connectivity index (χ4n) is 3.15. The van der Waals surface area contributed by atoms with Crippen LogP contribution in [-0.4, -0.2) is 39.7 Å². The molecule has 0 bridgehead atoms. The third-order valence-corrected chi connectivity index (χ3v) is 6.21. The molecule has 0 radical (unpaired) electrons. The molecule has 1 aliphatic heterocycles. The Morgan fingerprint density at radius 1 is 1.15 bits per heavy atom.